The number of aliphatic imine (C=N–C) groups is 1. The average molecular weight is 1570 g/mol. The number of rotatable bonds is 36. The van der Waals surface area contributed by atoms with Crippen molar-refractivity contribution in [1.82, 2.24) is 47.3 Å². The Kier molecular flexibility index (Phi) is 30.3. The molecule has 1 saturated heterocycles. The predicted octanol–water partition coefficient (Wildman–Crippen LogP) is 5.81. The molecule has 8 amide bonds. The van der Waals surface area contributed by atoms with E-state index in [-0.39, 0.29) is 55.9 Å². The quantitative estimate of drug-likeness (QED) is 0.00740. The van der Waals surface area contributed by atoms with E-state index in [4.69, 9.17) is 30.4 Å². The van der Waals surface area contributed by atoms with Gasteiger partial charge in [-0.1, -0.05) is 117 Å². The van der Waals surface area contributed by atoms with E-state index in [0.29, 0.717) is 56.9 Å². The van der Waals surface area contributed by atoms with Gasteiger partial charge < -0.3 is 78.1 Å². The number of hydrogen-bond acceptors (Lipinski definition) is 18. The molecular formula is C82H112N12O17S. The maximum atomic E-state index is 15.5. The molecular weight excluding hydrogens is 1460 g/mol. The molecule has 14 N–H and O–H groups in total. The number of carbonyl (C=O) groups excluding carboxylic acids is 9. The standard InChI is InChI=1S/C82H112N12O17S/c1-46(2)43-62(89-70(97)59(83)33-26-42-85-78(84)94-112(106,107)69-48(4)47(3)68-58(49(69)5)45-81(15,16)111-68)74(101)88-61(39-41-65(96)93-82(54-27-20-17-21-28-54,55-29-22-18-23-30-55)56-31-24-19-25-32-56)71(98)90-63(44-53-34-36-57(37-35-53)110-80(12,13)14)73(100)86-50(6)77(105)108-51(7)66(91-72(99)60-38-40-64(95)87-60)75(102)92-67(76(103)104)52(8)109-79(9,10)11/h17-25,27-32,34-37,46,50-52,59-63,66-67H,26,33,38-45,83H2,1-16H3,(H,86,100)(H,87,95)(H,88,101)(H,89,97)(H,90,98)(H,91,99)(H,92,102)(H,93,96)(H,103,104)(H3,84,85,94)/t50-,51+,52+,59-,60?,61-,62-,63-,66-,67-/m0/s1. The highest BCUT2D eigenvalue weighted by Crippen LogP contribution is 2.44. The number of nitrogens with two attached hydrogens (primary N) is 2. The van der Waals surface area contributed by atoms with Crippen LogP contribution in [-0.4, -0.2) is 163 Å². The minimum absolute atomic E-state index is 0.00298. The van der Waals surface area contributed by atoms with Crippen molar-refractivity contribution in [3.63, 3.8) is 0 Å². The lowest BCUT2D eigenvalue weighted by atomic mass is 9.77. The van der Waals surface area contributed by atoms with Crippen LogP contribution in [0.3, 0.4) is 0 Å². The third kappa shape index (κ3) is 24.5. The molecule has 0 bridgehead atoms. The van der Waals surface area contributed by atoms with Crippen LogP contribution in [0.1, 0.15) is 179 Å². The molecule has 5 aromatic rings. The average Bonchev–Trinajstić information content (AvgIpc) is 1.47. The summed E-state index contributed by atoms with van der Waals surface area (Å²) in [5.41, 5.74) is 14.4. The first kappa shape index (κ1) is 88.8. The molecule has 608 valence electrons. The Labute approximate surface area is 656 Å². The normalized spacial score (nSPS) is 16.7. The van der Waals surface area contributed by atoms with Gasteiger partial charge in [0.1, 0.15) is 70.6 Å². The van der Waals surface area contributed by atoms with Gasteiger partial charge in [0.2, 0.25) is 53.2 Å². The van der Waals surface area contributed by atoms with E-state index < -0.39 is 171 Å². The molecule has 0 saturated carbocycles. The lowest BCUT2D eigenvalue weighted by molar-refractivity contribution is -0.157. The van der Waals surface area contributed by atoms with Crippen molar-refractivity contribution in [2.45, 2.75) is 256 Å². The Morgan fingerprint density at radius 3 is 1.73 bits per heavy atom. The van der Waals surface area contributed by atoms with Crippen LogP contribution < -0.4 is 68.2 Å². The van der Waals surface area contributed by atoms with Crippen LogP contribution in [0.25, 0.3) is 0 Å². The number of sulfonamides is 1. The second-order valence-corrected chi connectivity index (χ2v) is 33.4. The lowest BCUT2D eigenvalue weighted by Crippen LogP contribution is -2.61. The number of aliphatic carboxylic acids is 1. The van der Waals surface area contributed by atoms with Crippen LogP contribution in [0, 0.1) is 26.7 Å². The number of esters is 1. The molecule has 30 heteroatoms. The fourth-order valence-electron chi connectivity index (χ4n) is 13.6. The van der Waals surface area contributed by atoms with Gasteiger partial charge in [0.15, 0.2) is 6.04 Å². The van der Waals surface area contributed by atoms with E-state index in [2.05, 4.69) is 52.2 Å². The van der Waals surface area contributed by atoms with Gasteiger partial charge in [-0.05, 0) is 186 Å². The Morgan fingerprint density at radius 1 is 0.661 bits per heavy atom. The van der Waals surface area contributed by atoms with Crippen LogP contribution in [0.2, 0.25) is 0 Å². The summed E-state index contributed by atoms with van der Waals surface area (Å²) in [6.07, 6.45) is -3.11. The first-order valence-corrected chi connectivity index (χ1v) is 39.3. The highest BCUT2D eigenvalue weighted by atomic mass is 32.2. The molecule has 7 rings (SSSR count). The van der Waals surface area contributed by atoms with E-state index >= 15 is 19.2 Å². The number of nitrogens with zero attached hydrogens (tertiary/aromatic N) is 1. The predicted molar refractivity (Wildman–Crippen MR) is 422 cm³/mol. The Hall–Kier alpha value is -10.5. The number of carboxylic acid groups (broad SMARTS) is 1. The first-order chi connectivity index (χ1) is 52.4. The van der Waals surface area contributed by atoms with Crippen molar-refractivity contribution in [3.05, 3.63) is 160 Å². The van der Waals surface area contributed by atoms with Gasteiger partial charge in [0.25, 0.3) is 10.0 Å². The monoisotopic (exact) mass is 1570 g/mol. The van der Waals surface area contributed by atoms with Crippen molar-refractivity contribution in [1.29, 1.82) is 0 Å². The summed E-state index contributed by atoms with van der Waals surface area (Å²) < 4.78 is 54.1. The molecule has 0 spiro atoms. The number of nitrogens with one attached hydrogen (secondary N) is 9. The second kappa shape index (κ2) is 38.2. The molecule has 112 heavy (non-hydrogen) atoms. The van der Waals surface area contributed by atoms with Gasteiger partial charge in [-0.3, -0.25) is 43.3 Å². The van der Waals surface area contributed by atoms with Crippen molar-refractivity contribution < 1.29 is 80.4 Å². The zero-order valence-corrected chi connectivity index (χ0v) is 67.7. The fraction of sp³-hybridized carbons (Fsp3) is 0.500. The van der Waals surface area contributed by atoms with Crippen molar-refractivity contribution in [3.8, 4) is 11.5 Å². The summed E-state index contributed by atoms with van der Waals surface area (Å²) in [6, 6.07) is 22.4. The van der Waals surface area contributed by atoms with Gasteiger partial charge in [0, 0.05) is 37.8 Å². The number of fused-ring (bicyclic) bond motifs is 1. The summed E-state index contributed by atoms with van der Waals surface area (Å²) in [6.45, 7) is 27.2. The largest absolute Gasteiger partial charge is 0.488 e. The number of benzene rings is 5. The van der Waals surface area contributed by atoms with Gasteiger partial charge in [-0.2, -0.15) is 0 Å². The Morgan fingerprint density at radius 2 is 1.21 bits per heavy atom. The fourth-order valence-corrected chi connectivity index (χ4v) is 15.1. The van der Waals surface area contributed by atoms with E-state index in [0.717, 1.165) is 5.56 Å². The SMILES string of the molecule is Cc1c(C)c(S(=O)(=O)NC(N)=NCCC[C@H](N)C(=O)N[C@@H](CC(C)C)C(=O)N[C@@H](CCC(=O)NC(c2ccccc2)(c2ccccc2)c2ccccc2)C(=O)N[C@@H](Cc2ccc(OC(C)(C)C)cc2)C(=O)N[C@@H](C)C(=O)O[C@H](C)[C@H](NC(=O)C2CCC(=O)N2)C(=O)N[C@H](C(=O)O)[C@@H](C)OC(C)(C)C)c(C)c2c1OC(C)(C)C2. The zero-order chi connectivity index (χ0) is 83.0. The molecule has 5 aromatic carbocycles. The first-order valence-electron chi connectivity index (χ1n) is 37.8. The minimum atomic E-state index is -4.23. The summed E-state index contributed by atoms with van der Waals surface area (Å²) in [4.78, 5) is 146. The molecule has 1 unspecified atom stereocenters. The van der Waals surface area contributed by atoms with Crippen molar-refractivity contribution >= 4 is 75.2 Å². The molecule has 0 aliphatic carbocycles. The van der Waals surface area contributed by atoms with Crippen LogP contribution >= 0.6 is 0 Å². The lowest BCUT2D eigenvalue weighted by Gasteiger charge is -2.37. The highest BCUT2D eigenvalue weighted by molar-refractivity contribution is 7.90. The van der Waals surface area contributed by atoms with E-state index in [9.17, 15) is 42.3 Å². The van der Waals surface area contributed by atoms with E-state index in [1.807, 2.05) is 126 Å². The smallest absolute Gasteiger partial charge is 0.328 e. The van der Waals surface area contributed by atoms with Crippen LogP contribution in [0.5, 0.6) is 11.5 Å². The molecule has 2 heterocycles. The number of carboxylic acids is 1. The molecule has 0 radical (unpaired) electrons. The topological polar surface area (TPSA) is 435 Å². The molecule has 0 aromatic heterocycles. The Bertz CT molecular complexity index is 4240. The number of amides is 8. The van der Waals surface area contributed by atoms with Crippen LogP contribution in [0.4, 0.5) is 0 Å². The molecule has 29 nitrogen and oxygen atoms in total. The summed E-state index contributed by atoms with van der Waals surface area (Å²) >= 11 is 0. The number of carbonyl (C=O) groups is 10. The van der Waals surface area contributed by atoms with Gasteiger partial charge >= 0.3 is 11.9 Å². The van der Waals surface area contributed by atoms with Crippen LogP contribution in [0.15, 0.2) is 125 Å². The minimum Gasteiger partial charge on any atom is -0.488 e. The maximum Gasteiger partial charge on any atom is 0.328 e. The van der Waals surface area contributed by atoms with E-state index in [1.165, 1.54) is 20.8 Å². The highest BCUT2D eigenvalue weighted by Gasteiger charge is 2.43. The molecule has 10 atom stereocenters. The van der Waals surface area contributed by atoms with Crippen molar-refractivity contribution in [2.24, 2.45) is 22.4 Å². The van der Waals surface area contributed by atoms with Crippen molar-refractivity contribution in [2.75, 3.05) is 6.54 Å². The number of hydrogen-bond donors (Lipinski definition) is 12. The zero-order valence-electron chi connectivity index (χ0n) is 66.9. The number of guanidine groups is 1. The van der Waals surface area contributed by atoms with E-state index in [1.54, 1.807) is 79.7 Å². The van der Waals surface area contributed by atoms with Gasteiger partial charge in [-0.15, -0.1) is 0 Å². The van der Waals surface area contributed by atoms with Gasteiger partial charge in [0.05, 0.1) is 22.6 Å². The Balaban J connectivity index is 1.16. The molecule has 2 aliphatic rings. The molecule has 1 fully saturated rings. The van der Waals surface area contributed by atoms with Gasteiger partial charge in [-0.25, -0.2) is 22.7 Å². The maximum absolute atomic E-state index is 15.5. The summed E-state index contributed by atoms with van der Waals surface area (Å²) in [7, 11) is -4.23. The third-order valence-electron chi connectivity index (χ3n) is 19.0. The number of ether oxygens (including phenoxy) is 4. The second-order valence-electron chi connectivity index (χ2n) is 31.8. The molecule has 2 aliphatic heterocycles. The summed E-state index contributed by atoms with van der Waals surface area (Å²) in [5.74, 6) is -8.69. The summed E-state index contributed by atoms with van der Waals surface area (Å²) in [5, 5.41) is 31.8. The van der Waals surface area contributed by atoms with Crippen LogP contribution in [-0.2, 0) is 85.8 Å². The third-order valence-corrected chi connectivity index (χ3v) is 20.7.